The van der Waals surface area contributed by atoms with Crippen LogP contribution in [0.4, 0.5) is 5.69 Å². The van der Waals surface area contributed by atoms with E-state index >= 15 is 0 Å². The summed E-state index contributed by atoms with van der Waals surface area (Å²) in [6, 6.07) is 3.57. The minimum absolute atomic E-state index is 0.0368. The largest absolute Gasteiger partial charge is 0.480 e. The molecule has 8 heteroatoms. The first-order valence-electron chi connectivity index (χ1n) is 5.42. The summed E-state index contributed by atoms with van der Waals surface area (Å²) in [6.45, 7) is 2.80. The maximum atomic E-state index is 12.2. The highest BCUT2D eigenvalue weighted by molar-refractivity contribution is 6.31. The Kier molecular flexibility index (Phi) is 5.22. The van der Waals surface area contributed by atoms with Crippen molar-refractivity contribution in [3.8, 4) is 0 Å². The molecule has 7 nitrogen and oxygen atoms in total. The molecule has 0 heterocycles. The van der Waals surface area contributed by atoms with E-state index in [1.165, 1.54) is 18.2 Å². The van der Waals surface area contributed by atoms with Gasteiger partial charge < -0.3 is 10.0 Å². The number of nitro benzene ring substituents is 1. The van der Waals surface area contributed by atoms with E-state index in [0.717, 1.165) is 11.0 Å². The fraction of sp³-hybridized carbons (Fsp3) is 0.167. The summed E-state index contributed by atoms with van der Waals surface area (Å²) in [5, 5.41) is 19.8. The number of hydrogen-bond donors (Lipinski definition) is 1. The third kappa shape index (κ3) is 3.79. The first-order chi connectivity index (χ1) is 9.36. The van der Waals surface area contributed by atoms with Crippen molar-refractivity contribution in [2.75, 3.05) is 13.1 Å². The molecule has 1 rings (SSSR count). The standard InChI is InChI=1S/C12H11ClN2O5/c1-2-5-14(7-11(16)17)12(18)9-4-3-8(13)6-10(9)15(19)20/h2-4,6H,1,5,7H2,(H,16,17). The van der Waals surface area contributed by atoms with E-state index in [4.69, 9.17) is 16.7 Å². The molecular formula is C12H11ClN2O5. The molecule has 0 unspecified atom stereocenters. The number of benzene rings is 1. The molecule has 0 aromatic heterocycles. The molecule has 0 aliphatic rings. The van der Waals surface area contributed by atoms with Gasteiger partial charge in [-0.2, -0.15) is 0 Å². The quantitative estimate of drug-likeness (QED) is 0.491. The predicted molar refractivity (Wildman–Crippen MR) is 71.8 cm³/mol. The molecule has 1 aromatic carbocycles. The number of halogens is 1. The predicted octanol–water partition coefficient (Wildman–Crippen LogP) is 1.96. The van der Waals surface area contributed by atoms with Crippen LogP contribution >= 0.6 is 11.6 Å². The topological polar surface area (TPSA) is 101 Å². The Labute approximate surface area is 119 Å². The maximum Gasteiger partial charge on any atom is 0.323 e. The Morgan fingerprint density at radius 1 is 1.50 bits per heavy atom. The van der Waals surface area contributed by atoms with Crippen LogP contribution in [0.2, 0.25) is 5.02 Å². The van der Waals surface area contributed by atoms with Crippen molar-refractivity contribution in [1.29, 1.82) is 0 Å². The summed E-state index contributed by atoms with van der Waals surface area (Å²) < 4.78 is 0. The molecule has 0 fully saturated rings. The number of rotatable bonds is 6. The number of carboxylic acids is 1. The molecule has 0 radical (unpaired) electrons. The second-order valence-electron chi connectivity index (χ2n) is 3.79. The molecule has 0 aliphatic heterocycles. The minimum Gasteiger partial charge on any atom is -0.480 e. The van der Waals surface area contributed by atoms with Crippen LogP contribution in [0.25, 0.3) is 0 Å². The van der Waals surface area contributed by atoms with E-state index in [-0.39, 0.29) is 17.1 Å². The van der Waals surface area contributed by atoms with Gasteiger partial charge in [0.25, 0.3) is 11.6 Å². The Hall–Kier alpha value is -2.41. The van der Waals surface area contributed by atoms with E-state index in [1.807, 2.05) is 0 Å². The lowest BCUT2D eigenvalue weighted by Gasteiger charge is -2.18. The molecule has 0 aliphatic carbocycles. The van der Waals surface area contributed by atoms with Crippen LogP contribution < -0.4 is 0 Å². The lowest BCUT2D eigenvalue weighted by atomic mass is 10.1. The van der Waals surface area contributed by atoms with Crippen molar-refractivity contribution in [2.24, 2.45) is 0 Å². The first-order valence-corrected chi connectivity index (χ1v) is 5.80. The number of nitro groups is 1. The Morgan fingerprint density at radius 2 is 2.15 bits per heavy atom. The zero-order valence-electron chi connectivity index (χ0n) is 10.3. The van der Waals surface area contributed by atoms with Crippen LogP contribution in [-0.4, -0.2) is 39.9 Å². The molecule has 0 saturated heterocycles. The van der Waals surface area contributed by atoms with Gasteiger partial charge in [0.05, 0.1) is 4.92 Å². The van der Waals surface area contributed by atoms with E-state index in [9.17, 15) is 19.7 Å². The van der Waals surface area contributed by atoms with Crippen molar-refractivity contribution in [3.05, 3.63) is 51.6 Å². The van der Waals surface area contributed by atoms with Crippen LogP contribution in [0.5, 0.6) is 0 Å². The summed E-state index contributed by atoms with van der Waals surface area (Å²) >= 11 is 5.65. The van der Waals surface area contributed by atoms with Gasteiger partial charge in [-0.05, 0) is 12.1 Å². The normalized spacial score (nSPS) is 9.85. The van der Waals surface area contributed by atoms with Crippen molar-refractivity contribution in [3.63, 3.8) is 0 Å². The molecule has 1 N–H and O–H groups in total. The zero-order chi connectivity index (χ0) is 15.3. The second kappa shape index (κ2) is 6.67. The maximum absolute atomic E-state index is 12.2. The first kappa shape index (κ1) is 15.6. The third-order valence-electron chi connectivity index (χ3n) is 2.35. The van der Waals surface area contributed by atoms with Gasteiger partial charge in [-0.1, -0.05) is 17.7 Å². The number of hydrogen-bond acceptors (Lipinski definition) is 4. The highest BCUT2D eigenvalue weighted by Gasteiger charge is 2.25. The van der Waals surface area contributed by atoms with E-state index in [0.29, 0.717) is 0 Å². The van der Waals surface area contributed by atoms with Gasteiger partial charge in [0.1, 0.15) is 12.1 Å². The lowest BCUT2D eigenvalue weighted by molar-refractivity contribution is -0.385. The molecule has 0 saturated carbocycles. The number of carbonyl (C=O) groups excluding carboxylic acids is 1. The molecule has 0 atom stereocenters. The van der Waals surface area contributed by atoms with Gasteiger partial charge >= 0.3 is 5.97 Å². The zero-order valence-corrected chi connectivity index (χ0v) is 11.0. The van der Waals surface area contributed by atoms with Gasteiger partial charge in [0, 0.05) is 17.6 Å². The number of amides is 1. The van der Waals surface area contributed by atoms with Crippen molar-refractivity contribution >= 4 is 29.2 Å². The molecule has 20 heavy (non-hydrogen) atoms. The van der Waals surface area contributed by atoms with Crippen LogP contribution in [0, 0.1) is 10.1 Å². The summed E-state index contributed by atoms with van der Waals surface area (Å²) in [4.78, 5) is 34.0. The van der Waals surface area contributed by atoms with Gasteiger partial charge in [0.15, 0.2) is 0 Å². The Morgan fingerprint density at radius 3 is 2.65 bits per heavy atom. The molecular weight excluding hydrogens is 288 g/mol. The molecule has 1 amide bonds. The van der Waals surface area contributed by atoms with E-state index < -0.39 is 29.0 Å². The fourth-order valence-electron chi connectivity index (χ4n) is 1.55. The summed E-state index contributed by atoms with van der Waals surface area (Å²) in [6.07, 6.45) is 1.34. The van der Waals surface area contributed by atoms with E-state index in [1.54, 1.807) is 0 Å². The monoisotopic (exact) mass is 298 g/mol. The number of aliphatic carboxylic acids is 1. The molecule has 106 valence electrons. The van der Waals surface area contributed by atoms with Gasteiger partial charge in [-0.25, -0.2) is 0 Å². The minimum atomic E-state index is -1.23. The average Bonchev–Trinajstić information content (AvgIpc) is 2.36. The number of carbonyl (C=O) groups is 2. The van der Waals surface area contributed by atoms with Crippen LogP contribution in [0.3, 0.4) is 0 Å². The van der Waals surface area contributed by atoms with Crippen molar-refractivity contribution < 1.29 is 19.6 Å². The van der Waals surface area contributed by atoms with Crippen LogP contribution in [0.1, 0.15) is 10.4 Å². The molecule has 1 aromatic rings. The third-order valence-corrected chi connectivity index (χ3v) is 2.58. The van der Waals surface area contributed by atoms with Gasteiger partial charge in [0.2, 0.25) is 0 Å². The van der Waals surface area contributed by atoms with E-state index in [2.05, 4.69) is 6.58 Å². The second-order valence-corrected chi connectivity index (χ2v) is 4.22. The van der Waals surface area contributed by atoms with Crippen LogP contribution in [-0.2, 0) is 4.79 Å². The van der Waals surface area contributed by atoms with Crippen molar-refractivity contribution in [2.45, 2.75) is 0 Å². The highest BCUT2D eigenvalue weighted by Crippen LogP contribution is 2.24. The smallest absolute Gasteiger partial charge is 0.323 e. The SMILES string of the molecule is C=CCN(CC(=O)O)C(=O)c1ccc(Cl)cc1[N+](=O)[O-]. The fourth-order valence-corrected chi connectivity index (χ4v) is 1.71. The summed E-state index contributed by atoms with van der Waals surface area (Å²) in [7, 11) is 0. The molecule has 0 spiro atoms. The lowest BCUT2D eigenvalue weighted by Crippen LogP contribution is -2.36. The van der Waals surface area contributed by atoms with Gasteiger partial charge in [-0.15, -0.1) is 6.58 Å². The average molecular weight is 299 g/mol. The summed E-state index contributed by atoms with van der Waals surface area (Å²) in [5.74, 6) is -1.99. The Balaban J connectivity index is 3.20. The molecule has 0 bridgehead atoms. The number of nitrogens with zero attached hydrogens (tertiary/aromatic N) is 2. The Bertz CT molecular complexity index is 573. The highest BCUT2D eigenvalue weighted by atomic mass is 35.5. The van der Waals surface area contributed by atoms with Crippen LogP contribution in [0.15, 0.2) is 30.9 Å². The number of carboxylic acid groups (broad SMARTS) is 1. The van der Waals surface area contributed by atoms with Crippen molar-refractivity contribution in [1.82, 2.24) is 4.90 Å². The van der Waals surface area contributed by atoms with Gasteiger partial charge in [-0.3, -0.25) is 19.7 Å². The summed E-state index contributed by atoms with van der Waals surface area (Å²) in [5.41, 5.74) is -0.690.